The number of aryl methyl sites for hydroxylation is 1. The van der Waals surface area contributed by atoms with Gasteiger partial charge >= 0.3 is 0 Å². The zero-order valence-corrected chi connectivity index (χ0v) is 17.5. The van der Waals surface area contributed by atoms with Crippen molar-refractivity contribution in [2.24, 2.45) is 0 Å². The summed E-state index contributed by atoms with van der Waals surface area (Å²) in [6.45, 7) is 2.35. The summed E-state index contributed by atoms with van der Waals surface area (Å²) in [5, 5.41) is 9.13. The van der Waals surface area contributed by atoms with Crippen molar-refractivity contribution in [2.45, 2.75) is 51.1 Å². The predicted molar refractivity (Wildman–Crippen MR) is 117 cm³/mol. The van der Waals surface area contributed by atoms with Crippen molar-refractivity contribution in [2.75, 3.05) is 7.11 Å². The van der Waals surface area contributed by atoms with Gasteiger partial charge in [0, 0.05) is 11.9 Å². The zero-order valence-electron chi connectivity index (χ0n) is 17.5. The van der Waals surface area contributed by atoms with E-state index in [1.54, 1.807) is 13.2 Å². The van der Waals surface area contributed by atoms with Crippen molar-refractivity contribution in [3.63, 3.8) is 0 Å². The van der Waals surface area contributed by atoms with Crippen molar-refractivity contribution in [1.82, 2.24) is 15.1 Å². The second kappa shape index (κ2) is 8.30. The third-order valence-corrected chi connectivity index (χ3v) is 6.05. The molecule has 1 aliphatic rings. The lowest BCUT2D eigenvalue weighted by Crippen LogP contribution is -2.44. The second-order valence-electron chi connectivity index (χ2n) is 7.86. The largest absolute Gasteiger partial charge is 0.497 e. The number of carbonyl (C=O) groups is 1. The molecule has 1 amide bonds. The Labute approximate surface area is 175 Å². The van der Waals surface area contributed by atoms with Crippen LogP contribution < -0.4 is 15.6 Å². The maximum Gasteiger partial charge on any atom is 0.274 e. The number of rotatable bonds is 6. The average Bonchev–Trinajstić information content (AvgIpc) is 3.25. The lowest BCUT2D eigenvalue weighted by Gasteiger charge is -2.31. The van der Waals surface area contributed by atoms with Crippen LogP contribution in [0.15, 0.2) is 53.3 Å². The van der Waals surface area contributed by atoms with Crippen LogP contribution in [0.3, 0.4) is 0 Å². The number of carbonyl (C=O) groups excluding carboxylic acids is 1. The first kappa shape index (κ1) is 20.1. The van der Waals surface area contributed by atoms with Crippen LogP contribution in [0.25, 0.3) is 10.8 Å². The van der Waals surface area contributed by atoms with Crippen LogP contribution in [-0.4, -0.2) is 22.8 Å². The third-order valence-electron chi connectivity index (χ3n) is 6.05. The summed E-state index contributed by atoms with van der Waals surface area (Å²) in [6, 6.07) is 15.3. The fourth-order valence-electron chi connectivity index (χ4n) is 4.49. The molecular formula is C24H27N3O3. The van der Waals surface area contributed by atoms with Gasteiger partial charge in [0.15, 0.2) is 0 Å². The van der Waals surface area contributed by atoms with E-state index in [1.807, 2.05) is 49.4 Å². The molecule has 6 nitrogen and oxygen atoms in total. The van der Waals surface area contributed by atoms with Crippen molar-refractivity contribution >= 4 is 16.7 Å². The van der Waals surface area contributed by atoms with Gasteiger partial charge in [-0.3, -0.25) is 9.59 Å². The molecule has 0 unspecified atom stereocenters. The van der Waals surface area contributed by atoms with Gasteiger partial charge in [0.1, 0.15) is 5.75 Å². The molecular weight excluding hydrogens is 378 g/mol. The molecule has 2 aromatic carbocycles. The molecule has 0 saturated heterocycles. The minimum atomic E-state index is -0.363. The van der Waals surface area contributed by atoms with Gasteiger partial charge in [0.05, 0.1) is 30.1 Å². The monoisotopic (exact) mass is 405 g/mol. The third kappa shape index (κ3) is 3.70. The van der Waals surface area contributed by atoms with Crippen LogP contribution in [0.5, 0.6) is 5.75 Å². The number of aromatic nitrogens is 2. The van der Waals surface area contributed by atoms with E-state index in [0.717, 1.165) is 42.4 Å². The van der Waals surface area contributed by atoms with Gasteiger partial charge in [-0.1, -0.05) is 43.2 Å². The second-order valence-corrected chi connectivity index (χ2v) is 7.86. The SMILES string of the molecule is CCn1nc(CC(=O)NC2(c3ccc(OC)cc3)CCCC2)c2ccccc2c1=O. The van der Waals surface area contributed by atoms with Crippen LogP contribution >= 0.6 is 0 Å². The molecule has 3 aromatic rings. The molecule has 4 rings (SSSR count). The van der Waals surface area contributed by atoms with Crippen molar-refractivity contribution < 1.29 is 9.53 Å². The first-order chi connectivity index (χ1) is 14.6. The van der Waals surface area contributed by atoms with E-state index < -0.39 is 0 Å². The molecule has 30 heavy (non-hydrogen) atoms. The van der Waals surface area contributed by atoms with Crippen molar-refractivity contribution in [3.8, 4) is 5.75 Å². The van der Waals surface area contributed by atoms with Gasteiger partial charge in [-0.25, -0.2) is 4.68 Å². The van der Waals surface area contributed by atoms with E-state index >= 15 is 0 Å². The molecule has 1 aromatic heterocycles. The molecule has 0 aliphatic heterocycles. The smallest absolute Gasteiger partial charge is 0.274 e. The number of fused-ring (bicyclic) bond motifs is 1. The van der Waals surface area contributed by atoms with E-state index in [2.05, 4.69) is 10.4 Å². The number of hydrogen-bond acceptors (Lipinski definition) is 4. The summed E-state index contributed by atoms with van der Waals surface area (Å²) in [5.41, 5.74) is 1.25. The van der Waals surface area contributed by atoms with Crippen molar-refractivity contribution in [1.29, 1.82) is 0 Å². The van der Waals surface area contributed by atoms with E-state index in [4.69, 9.17) is 4.74 Å². The number of ether oxygens (including phenoxy) is 1. The summed E-state index contributed by atoms with van der Waals surface area (Å²) in [4.78, 5) is 25.7. The maximum absolute atomic E-state index is 13.1. The molecule has 156 valence electrons. The minimum Gasteiger partial charge on any atom is -0.497 e. The van der Waals surface area contributed by atoms with E-state index in [1.165, 1.54) is 4.68 Å². The molecule has 1 saturated carbocycles. The fourth-order valence-corrected chi connectivity index (χ4v) is 4.49. The Morgan fingerprint density at radius 2 is 1.77 bits per heavy atom. The number of nitrogens with one attached hydrogen (secondary N) is 1. The number of hydrogen-bond donors (Lipinski definition) is 1. The number of methoxy groups -OCH3 is 1. The lowest BCUT2D eigenvalue weighted by molar-refractivity contribution is -0.122. The van der Waals surface area contributed by atoms with Gasteiger partial charge in [-0.15, -0.1) is 0 Å². The van der Waals surface area contributed by atoms with Crippen LogP contribution in [-0.2, 0) is 23.3 Å². The normalized spacial score (nSPS) is 15.3. The highest BCUT2D eigenvalue weighted by molar-refractivity contribution is 5.88. The molecule has 0 atom stereocenters. The summed E-state index contributed by atoms with van der Waals surface area (Å²) >= 11 is 0. The molecule has 0 bridgehead atoms. The summed E-state index contributed by atoms with van der Waals surface area (Å²) < 4.78 is 6.70. The van der Waals surface area contributed by atoms with Crippen LogP contribution in [0, 0.1) is 0 Å². The molecule has 0 radical (unpaired) electrons. The Kier molecular flexibility index (Phi) is 5.57. The quantitative estimate of drug-likeness (QED) is 0.681. The summed E-state index contributed by atoms with van der Waals surface area (Å²) in [5.74, 6) is 0.724. The van der Waals surface area contributed by atoms with Crippen LogP contribution in [0.2, 0.25) is 0 Å². The molecule has 1 N–H and O–H groups in total. The number of amides is 1. The number of benzene rings is 2. The molecule has 1 heterocycles. The topological polar surface area (TPSA) is 73.2 Å². The average molecular weight is 405 g/mol. The molecule has 1 aliphatic carbocycles. The Bertz CT molecular complexity index is 1110. The summed E-state index contributed by atoms with van der Waals surface area (Å²) in [6.07, 6.45) is 4.11. The highest BCUT2D eigenvalue weighted by Gasteiger charge is 2.37. The minimum absolute atomic E-state index is 0.0772. The molecule has 0 spiro atoms. The lowest BCUT2D eigenvalue weighted by atomic mass is 9.87. The van der Waals surface area contributed by atoms with Crippen molar-refractivity contribution in [3.05, 3.63) is 70.1 Å². The first-order valence-electron chi connectivity index (χ1n) is 10.5. The fraction of sp³-hybridized carbons (Fsp3) is 0.375. The van der Waals surface area contributed by atoms with Gasteiger partial charge in [0.2, 0.25) is 5.91 Å². The van der Waals surface area contributed by atoms with Crippen LogP contribution in [0.4, 0.5) is 0 Å². The highest BCUT2D eigenvalue weighted by atomic mass is 16.5. The number of nitrogens with zero attached hydrogens (tertiary/aromatic N) is 2. The van der Waals surface area contributed by atoms with E-state index in [9.17, 15) is 9.59 Å². The van der Waals surface area contributed by atoms with Gasteiger partial charge in [0.25, 0.3) is 5.56 Å². The van der Waals surface area contributed by atoms with E-state index in [0.29, 0.717) is 17.6 Å². The van der Waals surface area contributed by atoms with E-state index in [-0.39, 0.29) is 23.4 Å². The Balaban J connectivity index is 1.63. The Morgan fingerprint density at radius 3 is 2.40 bits per heavy atom. The molecule has 1 fully saturated rings. The van der Waals surface area contributed by atoms with Crippen LogP contribution in [0.1, 0.15) is 43.9 Å². The summed E-state index contributed by atoms with van der Waals surface area (Å²) in [7, 11) is 1.65. The highest BCUT2D eigenvalue weighted by Crippen LogP contribution is 2.39. The van der Waals surface area contributed by atoms with Gasteiger partial charge in [-0.05, 0) is 43.5 Å². The maximum atomic E-state index is 13.1. The standard InChI is InChI=1S/C24H27N3O3/c1-3-27-23(29)20-9-5-4-8-19(20)21(26-27)16-22(28)25-24(14-6-7-15-24)17-10-12-18(30-2)13-11-17/h4-5,8-13H,3,6-7,14-16H2,1-2H3,(H,25,28). The van der Waals surface area contributed by atoms with Gasteiger partial charge < -0.3 is 10.1 Å². The predicted octanol–water partition coefficient (Wildman–Crippen LogP) is 3.55. The molecule has 6 heteroatoms. The zero-order chi connectivity index (χ0) is 21.1. The Hall–Kier alpha value is -3.15. The Morgan fingerprint density at radius 1 is 1.10 bits per heavy atom. The van der Waals surface area contributed by atoms with Gasteiger partial charge in [-0.2, -0.15) is 5.10 Å². The first-order valence-corrected chi connectivity index (χ1v) is 10.5.